The van der Waals surface area contributed by atoms with E-state index >= 15 is 0 Å². The predicted molar refractivity (Wildman–Crippen MR) is 298 cm³/mol. The maximum atomic E-state index is 14.0. The fraction of sp³-hybridized carbons (Fsp3) is 0.400. The number of sulfonamides is 1. The Morgan fingerprint density at radius 2 is 1.62 bits per heavy atom. The van der Waals surface area contributed by atoms with E-state index in [1.165, 1.54) is 47.4 Å². The van der Waals surface area contributed by atoms with Crippen molar-refractivity contribution in [1.82, 2.24) is 45.1 Å². The average molecular weight is 1160 g/mol. The third-order valence-electron chi connectivity index (χ3n) is 13.4. The van der Waals surface area contributed by atoms with Crippen molar-refractivity contribution in [2.45, 2.75) is 84.2 Å². The number of likely N-dealkylation sites (tertiary alicyclic amines) is 1. The van der Waals surface area contributed by atoms with Crippen LogP contribution in [0.4, 0.5) is 24.7 Å². The summed E-state index contributed by atoms with van der Waals surface area (Å²) in [6.07, 6.45) is 3.44. The Morgan fingerprint density at radius 3 is 2.30 bits per heavy atom. The van der Waals surface area contributed by atoms with Gasteiger partial charge in [-0.05, 0) is 60.2 Å². The number of β-amino-alcohol motifs (C(OH)–C–C–N with tert-alkyl or cyclic N) is 1. The van der Waals surface area contributed by atoms with Gasteiger partial charge in [-0.25, -0.2) is 22.8 Å². The van der Waals surface area contributed by atoms with Gasteiger partial charge in [0.2, 0.25) is 17.7 Å². The second kappa shape index (κ2) is 26.0. The van der Waals surface area contributed by atoms with E-state index in [0.717, 1.165) is 21.7 Å². The average Bonchev–Trinajstić information content (AvgIpc) is 3.85. The van der Waals surface area contributed by atoms with Crippen molar-refractivity contribution < 1.29 is 60.0 Å². The molecule has 0 saturated carbocycles. The normalized spacial score (nSPS) is 15.5. The van der Waals surface area contributed by atoms with E-state index < -0.39 is 69.0 Å². The summed E-state index contributed by atoms with van der Waals surface area (Å²) >= 11 is 1.55. The Bertz CT molecular complexity index is 3440. The number of fused-ring (bicyclic) bond motifs is 1. The van der Waals surface area contributed by atoms with Gasteiger partial charge in [0, 0.05) is 55.6 Å². The van der Waals surface area contributed by atoms with Crippen LogP contribution >= 0.6 is 11.3 Å². The zero-order valence-electron chi connectivity index (χ0n) is 45.4. The number of thiazole rings is 1. The number of aliphatic hydroxyl groups excluding tert-OH is 1. The topological polar surface area (TPSA) is 269 Å². The molecular weight excluding hydrogens is 1100 g/mol. The molecule has 0 spiro atoms. The molecule has 1 saturated heterocycles. The number of nitrogen functional groups attached to an aromatic ring is 1. The van der Waals surface area contributed by atoms with Gasteiger partial charge in [0.05, 0.1) is 84.6 Å². The van der Waals surface area contributed by atoms with Crippen LogP contribution < -0.4 is 25.8 Å². The lowest BCUT2D eigenvalue weighted by Crippen LogP contribution is -2.58. The molecule has 21 nitrogen and oxygen atoms in total. The molecule has 3 aromatic carbocycles. The maximum Gasteiger partial charge on any atom is 0.355 e. The number of benzene rings is 3. The van der Waals surface area contributed by atoms with E-state index in [1.807, 2.05) is 35.9 Å². The summed E-state index contributed by atoms with van der Waals surface area (Å²) < 4.78 is 93.4. The molecular formula is C55H64F3N11O10S2. The van der Waals surface area contributed by atoms with Gasteiger partial charge in [0.25, 0.3) is 10.0 Å². The van der Waals surface area contributed by atoms with Crippen molar-refractivity contribution in [3.05, 3.63) is 113 Å². The van der Waals surface area contributed by atoms with Crippen LogP contribution in [0.25, 0.3) is 43.7 Å². The predicted octanol–water partition coefficient (Wildman–Crippen LogP) is 6.62. The third kappa shape index (κ3) is 14.7. The SMILES string of the molecule is Cc1ncsc1-c1ccc(CNC(=O)[C@@H]2C[C@@H](O)CN2C(=O)[C@@H](NC(=O)COCCOCCOCCn2cc(-c3cnc(N)c4c(-c5ccc(NS(=O)(=O)C(F)F)c(O[C@@H](C)c6ccc(F)cc6)c5)nn(C)c34)cn2)C(C)(C)C)cc1. The summed E-state index contributed by atoms with van der Waals surface area (Å²) in [5, 5.41) is 26.0. The molecule has 432 valence electrons. The van der Waals surface area contributed by atoms with Crippen LogP contribution in [0.3, 0.4) is 0 Å². The van der Waals surface area contributed by atoms with E-state index in [9.17, 15) is 41.1 Å². The molecule has 1 aliphatic heterocycles. The zero-order valence-corrected chi connectivity index (χ0v) is 47.0. The number of aryl methyl sites for hydroxylation is 2. The number of nitrogens with two attached hydrogens (primary N) is 1. The molecule has 0 unspecified atom stereocenters. The highest BCUT2D eigenvalue weighted by atomic mass is 32.2. The van der Waals surface area contributed by atoms with E-state index in [0.29, 0.717) is 52.0 Å². The number of hydrogen-bond acceptors (Lipinski definition) is 16. The number of halogens is 3. The monoisotopic (exact) mass is 1160 g/mol. The highest BCUT2D eigenvalue weighted by molar-refractivity contribution is 7.93. The quantitative estimate of drug-likeness (QED) is 0.0377. The van der Waals surface area contributed by atoms with Crippen LogP contribution in [0.5, 0.6) is 5.75 Å². The van der Waals surface area contributed by atoms with Gasteiger partial charge in [0.1, 0.15) is 47.9 Å². The summed E-state index contributed by atoms with van der Waals surface area (Å²) in [5.74, 6) is -5.57. The Hall–Kier alpha value is -7.49. The van der Waals surface area contributed by atoms with E-state index in [1.54, 1.807) is 79.5 Å². The van der Waals surface area contributed by atoms with Gasteiger partial charge in [-0.15, -0.1) is 11.3 Å². The number of pyridine rings is 1. The molecule has 1 fully saturated rings. The summed E-state index contributed by atoms with van der Waals surface area (Å²) in [6.45, 7) is 10.3. The van der Waals surface area contributed by atoms with E-state index in [-0.39, 0.29) is 69.8 Å². The van der Waals surface area contributed by atoms with Crippen LogP contribution in [0.2, 0.25) is 0 Å². The van der Waals surface area contributed by atoms with Gasteiger partial charge < -0.3 is 45.3 Å². The maximum absolute atomic E-state index is 14.0. The minimum Gasteiger partial charge on any atom is -0.484 e. The Balaban J connectivity index is 0.782. The standard InChI is InChI=1S/C55H64F3N11O10S2/c1-32-49(80-31-62-32)36-9-7-34(8-10-36)25-61-52(72)43-24-40(70)29-69(43)53(73)50(55(3,4)5)64-45(71)30-78-22-21-77-20-19-76-18-17-68-28-38(26-63-68)41-27-60-51(59)46-47(65-67(6)48(41)46)37-13-16-42(66-81(74,75)54(57)58)44(23-37)79-33(2)35-11-14-39(56)15-12-35/h7-16,23,26-28,31,33,40,43,50,54,66,70H,17-22,24-25,29-30H2,1-6H3,(H2,59,60)(H,61,72)(H,64,71)/t33-,40+,43-,50+/m0/s1. The molecule has 1 aliphatic rings. The number of alkyl halides is 2. The Morgan fingerprint density at radius 1 is 0.926 bits per heavy atom. The molecule has 0 radical (unpaired) electrons. The number of hydrogen-bond donors (Lipinski definition) is 5. The number of aromatic nitrogens is 6. The Labute approximate surface area is 470 Å². The number of nitrogens with one attached hydrogen (secondary N) is 3. The van der Waals surface area contributed by atoms with Crippen molar-refractivity contribution >= 4 is 61.5 Å². The van der Waals surface area contributed by atoms with Crippen molar-refractivity contribution in [3.8, 4) is 38.6 Å². The molecule has 7 aromatic rings. The lowest BCUT2D eigenvalue weighted by atomic mass is 9.85. The number of ether oxygens (including phenoxy) is 4. The smallest absolute Gasteiger partial charge is 0.355 e. The third-order valence-corrected chi connectivity index (χ3v) is 15.3. The van der Waals surface area contributed by atoms with Gasteiger partial charge in [0.15, 0.2) is 0 Å². The molecule has 3 amide bonds. The molecule has 0 bridgehead atoms. The molecule has 4 atom stereocenters. The van der Waals surface area contributed by atoms with Crippen molar-refractivity contribution in [1.29, 1.82) is 0 Å². The summed E-state index contributed by atoms with van der Waals surface area (Å²) in [4.78, 5) is 51.7. The lowest BCUT2D eigenvalue weighted by Gasteiger charge is -2.35. The van der Waals surface area contributed by atoms with Crippen LogP contribution in [0.15, 0.2) is 90.8 Å². The second-order valence-electron chi connectivity index (χ2n) is 20.4. The summed E-state index contributed by atoms with van der Waals surface area (Å²) in [5.41, 5.74) is 13.3. The molecule has 5 heterocycles. The highest BCUT2D eigenvalue weighted by Gasteiger charge is 2.44. The van der Waals surface area contributed by atoms with Crippen LogP contribution in [0.1, 0.15) is 57.0 Å². The highest BCUT2D eigenvalue weighted by Crippen LogP contribution is 2.41. The van der Waals surface area contributed by atoms with Gasteiger partial charge in [-0.2, -0.15) is 19.0 Å². The van der Waals surface area contributed by atoms with Crippen LogP contribution in [0, 0.1) is 18.2 Å². The lowest BCUT2D eigenvalue weighted by molar-refractivity contribution is -0.144. The van der Waals surface area contributed by atoms with E-state index in [4.69, 9.17) is 29.8 Å². The number of anilines is 2. The van der Waals surface area contributed by atoms with Crippen LogP contribution in [-0.2, 0) is 58.8 Å². The zero-order chi connectivity index (χ0) is 58.2. The fourth-order valence-corrected chi connectivity index (χ4v) is 10.5. The number of carbonyl (C=O) groups is 3. The molecule has 8 rings (SSSR count). The van der Waals surface area contributed by atoms with Crippen molar-refractivity contribution in [2.24, 2.45) is 12.5 Å². The number of amides is 3. The second-order valence-corrected chi connectivity index (χ2v) is 22.9. The number of carbonyl (C=O) groups excluding carboxylic acids is 3. The summed E-state index contributed by atoms with van der Waals surface area (Å²) in [6, 6.07) is 15.5. The molecule has 0 aliphatic carbocycles. The first-order valence-corrected chi connectivity index (χ1v) is 28.3. The van der Waals surface area contributed by atoms with E-state index in [2.05, 4.69) is 25.7 Å². The number of rotatable bonds is 25. The van der Waals surface area contributed by atoms with Crippen LogP contribution in [-0.4, -0.2) is 136 Å². The van der Waals surface area contributed by atoms with Gasteiger partial charge >= 0.3 is 5.76 Å². The van der Waals surface area contributed by atoms with Gasteiger partial charge in [-0.1, -0.05) is 63.2 Å². The van der Waals surface area contributed by atoms with Gasteiger partial charge in [-0.3, -0.25) is 28.5 Å². The van der Waals surface area contributed by atoms with Crippen molar-refractivity contribution in [3.63, 3.8) is 0 Å². The molecule has 26 heteroatoms. The minimum absolute atomic E-state index is 0.0521. The minimum atomic E-state index is -5.09. The summed E-state index contributed by atoms with van der Waals surface area (Å²) in [7, 11) is -3.38. The Kier molecular flexibility index (Phi) is 19.1. The molecule has 6 N–H and O–H groups in total. The number of aliphatic hydroxyl groups is 1. The fourth-order valence-electron chi connectivity index (χ4n) is 9.16. The first-order valence-electron chi connectivity index (χ1n) is 25.9. The molecule has 4 aromatic heterocycles. The van der Waals surface area contributed by atoms with Crippen molar-refractivity contribution in [2.75, 3.05) is 56.6 Å². The number of nitrogens with zero attached hydrogens (tertiary/aromatic N) is 7. The molecule has 81 heavy (non-hydrogen) atoms. The first-order chi connectivity index (χ1) is 38.6. The first kappa shape index (κ1) is 59.6. The largest absolute Gasteiger partial charge is 0.484 e.